The van der Waals surface area contributed by atoms with Crippen LogP contribution in [0.25, 0.3) is 0 Å². The second-order valence-corrected chi connectivity index (χ2v) is 4.95. The molecule has 1 saturated heterocycles. The van der Waals surface area contributed by atoms with Gasteiger partial charge in [-0.1, -0.05) is 19.8 Å². The monoisotopic (exact) mass is 227 g/mol. The van der Waals surface area contributed by atoms with Gasteiger partial charge in [0.15, 0.2) is 0 Å². The summed E-state index contributed by atoms with van der Waals surface area (Å²) in [7, 11) is 0. The number of hydrogen-bond acceptors (Lipinski definition) is 2. The van der Waals surface area contributed by atoms with E-state index in [1.54, 1.807) is 0 Å². The summed E-state index contributed by atoms with van der Waals surface area (Å²) in [4.78, 5) is 14.0. The van der Waals surface area contributed by atoms with Crippen LogP contribution in [0.3, 0.4) is 0 Å². The molecule has 0 saturated carbocycles. The molecule has 1 fully saturated rings. The fourth-order valence-electron chi connectivity index (χ4n) is 1.89. The van der Waals surface area contributed by atoms with Crippen LogP contribution in [-0.2, 0) is 0 Å². The molecule has 1 atom stereocenters. The van der Waals surface area contributed by atoms with Crippen LogP contribution in [-0.4, -0.2) is 36.1 Å². The highest BCUT2D eigenvalue weighted by Crippen LogP contribution is 2.12. The van der Waals surface area contributed by atoms with Crippen molar-refractivity contribution < 1.29 is 4.79 Å². The maximum Gasteiger partial charge on any atom is 0.317 e. The molecule has 4 heteroatoms. The van der Waals surface area contributed by atoms with E-state index in [0.29, 0.717) is 6.54 Å². The van der Waals surface area contributed by atoms with Crippen molar-refractivity contribution in [1.82, 2.24) is 10.2 Å². The number of likely N-dealkylation sites (tertiary alicyclic amines) is 1. The molecular weight excluding hydrogens is 202 g/mol. The maximum atomic E-state index is 12.0. The molecule has 0 aromatic heterocycles. The summed E-state index contributed by atoms with van der Waals surface area (Å²) in [6, 6.07) is 0.0525. The highest BCUT2D eigenvalue weighted by Gasteiger charge is 2.25. The largest absolute Gasteiger partial charge is 0.332 e. The van der Waals surface area contributed by atoms with Gasteiger partial charge in [-0.15, -0.1) is 0 Å². The second kappa shape index (κ2) is 6.09. The highest BCUT2D eigenvalue weighted by atomic mass is 16.2. The average molecular weight is 227 g/mol. The minimum atomic E-state index is -0.261. The Bertz CT molecular complexity index is 218. The fraction of sp³-hybridized carbons (Fsp3) is 0.917. The Morgan fingerprint density at radius 1 is 1.31 bits per heavy atom. The molecule has 16 heavy (non-hydrogen) atoms. The van der Waals surface area contributed by atoms with Crippen LogP contribution in [0.5, 0.6) is 0 Å². The van der Waals surface area contributed by atoms with Gasteiger partial charge in [0.25, 0.3) is 0 Å². The van der Waals surface area contributed by atoms with Gasteiger partial charge in [0, 0.05) is 19.6 Å². The number of carbonyl (C=O) groups is 1. The zero-order chi connectivity index (χ0) is 12.0. The zero-order valence-electron chi connectivity index (χ0n) is 10.6. The summed E-state index contributed by atoms with van der Waals surface area (Å²) in [5, 5.41) is 3.05. The van der Waals surface area contributed by atoms with Crippen molar-refractivity contribution in [3.8, 4) is 0 Å². The van der Waals surface area contributed by atoms with E-state index < -0.39 is 0 Å². The average Bonchev–Trinajstić information content (AvgIpc) is 2.57. The first-order valence-corrected chi connectivity index (χ1v) is 6.38. The second-order valence-electron chi connectivity index (χ2n) is 4.95. The van der Waals surface area contributed by atoms with Gasteiger partial charge in [0.1, 0.15) is 0 Å². The van der Waals surface area contributed by atoms with E-state index in [1.165, 1.54) is 12.8 Å². The fourth-order valence-corrected chi connectivity index (χ4v) is 1.89. The zero-order valence-corrected chi connectivity index (χ0v) is 10.6. The number of nitrogens with zero attached hydrogens (tertiary/aromatic N) is 1. The van der Waals surface area contributed by atoms with Crippen molar-refractivity contribution in [1.29, 1.82) is 0 Å². The molecule has 1 rings (SSSR count). The van der Waals surface area contributed by atoms with Crippen LogP contribution in [0.2, 0.25) is 0 Å². The summed E-state index contributed by atoms with van der Waals surface area (Å²) in [6.45, 7) is 6.31. The molecular formula is C12H25N3O. The first kappa shape index (κ1) is 13.3. The Morgan fingerprint density at radius 3 is 2.31 bits per heavy atom. The molecule has 1 heterocycles. The molecule has 1 aliphatic heterocycles. The molecule has 1 unspecified atom stereocenters. The first-order valence-electron chi connectivity index (χ1n) is 6.38. The SMILES string of the molecule is CCC(C)(CN)NC(=O)N1CCCCCC1. The predicted octanol–water partition coefficient (Wildman–Crippen LogP) is 1.70. The Morgan fingerprint density at radius 2 is 1.88 bits per heavy atom. The number of carbonyl (C=O) groups excluding carboxylic acids is 1. The van der Waals surface area contributed by atoms with E-state index in [0.717, 1.165) is 32.4 Å². The van der Waals surface area contributed by atoms with Crippen molar-refractivity contribution in [3.05, 3.63) is 0 Å². The normalized spacial score (nSPS) is 21.1. The third-order valence-corrected chi connectivity index (χ3v) is 3.53. The summed E-state index contributed by atoms with van der Waals surface area (Å²) in [5.41, 5.74) is 5.43. The molecule has 1 aliphatic rings. The van der Waals surface area contributed by atoms with Crippen LogP contribution in [0, 0.1) is 0 Å². The lowest BCUT2D eigenvalue weighted by molar-refractivity contribution is 0.186. The lowest BCUT2D eigenvalue weighted by Gasteiger charge is -2.31. The first-order chi connectivity index (χ1) is 7.61. The molecule has 0 radical (unpaired) electrons. The Kier molecular flexibility index (Phi) is 5.06. The van der Waals surface area contributed by atoms with Crippen LogP contribution < -0.4 is 11.1 Å². The van der Waals surface area contributed by atoms with Gasteiger partial charge in [-0.25, -0.2) is 4.79 Å². The van der Waals surface area contributed by atoms with Crippen LogP contribution in [0.4, 0.5) is 4.79 Å². The number of nitrogens with two attached hydrogens (primary N) is 1. The van der Waals surface area contributed by atoms with Gasteiger partial charge < -0.3 is 16.0 Å². The molecule has 0 bridgehead atoms. The summed E-state index contributed by atoms with van der Waals surface area (Å²) in [5.74, 6) is 0. The molecule has 0 aromatic carbocycles. The van der Waals surface area contributed by atoms with E-state index in [-0.39, 0.29) is 11.6 Å². The Balaban J connectivity index is 2.49. The third kappa shape index (κ3) is 3.67. The number of rotatable bonds is 3. The molecule has 0 aromatic rings. The summed E-state index contributed by atoms with van der Waals surface area (Å²) >= 11 is 0. The van der Waals surface area contributed by atoms with Gasteiger partial charge in [0.05, 0.1) is 5.54 Å². The van der Waals surface area contributed by atoms with Crippen molar-refractivity contribution >= 4 is 6.03 Å². The lowest BCUT2D eigenvalue weighted by Crippen LogP contribution is -2.55. The molecule has 3 N–H and O–H groups in total. The van der Waals surface area contributed by atoms with Crippen molar-refractivity contribution in [2.45, 2.75) is 51.5 Å². The topological polar surface area (TPSA) is 58.4 Å². The lowest BCUT2D eigenvalue weighted by atomic mass is 10.00. The van der Waals surface area contributed by atoms with Gasteiger partial charge >= 0.3 is 6.03 Å². The van der Waals surface area contributed by atoms with Crippen LogP contribution >= 0.6 is 0 Å². The molecule has 4 nitrogen and oxygen atoms in total. The van der Waals surface area contributed by atoms with Crippen LogP contribution in [0.1, 0.15) is 46.0 Å². The van der Waals surface area contributed by atoms with E-state index >= 15 is 0 Å². The third-order valence-electron chi connectivity index (χ3n) is 3.53. The number of hydrogen-bond donors (Lipinski definition) is 2. The quantitative estimate of drug-likeness (QED) is 0.771. The number of nitrogens with one attached hydrogen (secondary N) is 1. The van der Waals surface area contributed by atoms with Gasteiger partial charge in [-0.3, -0.25) is 0 Å². The molecule has 94 valence electrons. The molecule has 2 amide bonds. The molecule has 0 aliphatic carbocycles. The Labute approximate surface area is 98.6 Å². The van der Waals surface area contributed by atoms with Crippen molar-refractivity contribution in [2.75, 3.05) is 19.6 Å². The minimum Gasteiger partial charge on any atom is -0.332 e. The van der Waals surface area contributed by atoms with E-state index in [9.17, 15) is 4.79 Å². The summed E-state index contributed by atoms with van der Waals surface area (Å²) in [6.07, 6.45) is 5.60. The van der Waals surface area contributed by atoms with Gasteiger partial charge in [-0.2, -0.15) is 0 Å². The van der Waals surface area contributed by atoms with Crippen molar-refractivity contribution in [2.24, 2.45) is 5.73 Å². The highest BCUT2D eigenvalue weighted by molar-refractivity contribution is 5.75. The van der Waals surface area contributed by atoms with Gasteiger partial charge in [0.2, 0.25) is 0 Å². The van der Waals surface area contributed by atoms with Crippen molar-refractivity contribution in [3.63, 3.8) is 0 Å². The smallest absolute Gasteiger partial charge is 0.317 e. The minimum absolute atomic E-state index is 0.0525. The Hall–Kier alpha value is -0.770. The molecule has 0 spiro atoms. The maximum absolute atomic E-state index is 12.0. The summed E-state index contributed by atoms with van der Waals surface area (Å²) < 4.78 is 0. The number of amides is 2. The standard InChI is InChI=1S/C12H25N3O/c1-3-12(2,10-13)14-11(16)15-8-6-4-5-7-9-15/h3-10,13H2,1-2H3,(H,14,16). The predicted molar refractivity (Wildman–Crippen MR) is 66.3 cm³/mol. The van der Waals surface area contributed by atoms with Crippen LogP contribution in [0.15, 0.2) is 0 Å². The van der Waals surface area contributed by atoms with E-state index in [2.05, 4.69) is 12.2 Å². The van der Waals surface area contributed by atoms with E-state index in [4.69, 9.17) is 5.73 Å². The van der Waals surface area contributed by atoms with E-state index in [1.807, 2.05) is 11.8 Å². The number of urea groups is 1. The van der Waals surface area contributed by atoms with Gasteiger partial charge in [-0.05, 0) is 26.2 Å².